The van der Waals surface area contributed by atoms with E-state index in [2.05, 4.69) is 29.6 Å². The van der Waals surface area contributed by atoms with E-state index >= 15 is 0 Å². The zero-order valence-corrected chi connectivity index (χ0v) is 13.3. The van der Waals surface area contributed by atoms with Gasteiger partial charge in [-0.15, -0.1) is 12.4 Å². The minimum atomic E-state index is -0.281. The molecule has 21 heavy (non-hydrogen) atoms. The highest BCUT2D eigenvalue weighted by atomic mass is 35.5. The number of carbonyl (C=O) groups excluding carboxylic acids is 1. The number of hydrogen-bond acceptors (Lipinski definition) is 2. The third kappa shape index (κ3) is 3.24. The van der Waals surface area contributed by atoms with Crippen LogP contribution in [0.25, 0.3) is 0 Å². The minimum absolute atomic E-state index is 0. The summed E-state index contributed by atoms with van der Waals surface area (Å²) in [4.78, 5) is 12.6. The molecule has 3 nitrogen and oxygen atoms in total. The topological polar surface area (TPSA) is 55.1 Å². The quantitative estimate of drug-likeness (QED) is 0.902. The molecular formula is C17H25ClN2O. The molecule has 0 saturated heterocycles. The first-order valence-corrected chi connectivity index (χ1v) is 7.81. The third-order valence-corrected chi connectivity index (χ3v) is 5.12. The second kappa shape index (κ2) is 6.80. The Hall–Kier alpha value is -1.06. The molecule has 1 unspecified atom stereocenters. The number of benzene rings is 1. The van der Waals surface area contributed by atoms with Gasteiger partial charge in [0.05, 0.1) is 5.41 Å². The molecule has 0 heterocycles. The van der Waals surface area contributed by atoms with Gasteiger partial charge in [0.25, 0.3) is 0 Å². The van der Waals surface area contributed by atoms with Gasteiger partial charge in [-0.25, -0.2) is 0 Å². The third-order valence-electron chi connectivity index (χ3n) is 5.12. The molecule has 1 aromatic carbocycles. The molecule has 1 fully saturated rings. The number of carbonyl (C=O) groups is 1. The van der Waals surface area contributed by atoms with Gasteiger partial charge in [-0.05, 0) is 43.2 Å². The molecule has 1 saturated carbocycles. The molecule has 0 radical (unpaired) electrons. The highest BCUT2D eigenvalue weighted by Gasteiger charge is 2.40. The van der Waals surface area contributed by atoms with Gasteiger partial charge < -0.3 is 11.1 Å². The minimum Gasteiger partial charge on any atom is -0.353 e. The predicted octanol–water partition coefficient (Wildman–Crippen LogP) is 2.60. The van der Waals surface area contributed by atoms with E-state index in [0.29, 0.717) is 6.54 Å². The fourth-order valence-corrected chi connectivity index (χ4v) is 3.74. The lowest BCUT2D eigenvalue weighted by Crippen LogP contribution is -2.49. The maximum Gasteiger partial charge on any atom is 0.227 e. The molecular weight excluding hydrogens is 284 g/mol. The first-order valence-electron chi connectivity index (χ1n) is 7.81. The van der Waals surface area contributed by atoms with Gasteiger partial charge in [0.2, 0.25) is 5.91 Å². The molecule has 4 heteroatoms. The van der Waals surface area contributed by atoms with E-state index in [0.717, 1.165) is 44.9 Å². The summed E-state index contributed by atoms with van der Waals surface area (Å²) in [5.74, 6) is 0.196. The SMILES string of the molecule is Cl.NCC1(C(=O)NC2CCc3ccccc3C2)CCCC1. The summed E-state index contributed by atoms with van der Waals surface area (Å²) in [7, 11) is 0. The number of hydrogen-bond donors (Lipinski definition) is 2. The Morgan fingerprint density at radius 2 is 1.90 bits per heavy atom. The van der Waals surface area contributed by atoms with Crippen LogP contribution in [0.4, 0.5) is 0 Å². The fraction of sp³-hybridized carbons (Fsp3) is 0.588. The number of nitrogens with two attached hydrogens (primary N) is 1. The first-order chi connectivity index (χ1) is 9.73. The van der Waals surface area contributed by atoms with E-state index in [1.807, 2.05) is 0 Å². The molecule has 1 atom stereocenters. The molecule has 3 rings (SSSR count). The van der Waals surface area contributed by atoms with E-state index in [1.54, 1.807) is 0 Å². The van der Waals surface area contributed by atoms with Gasteiger partial charge in [-0.2, -0.15) is 0 Å². The second-order valence-corrected chi connectivity index (χ2v) is 6.37. The monoisotopic (exact) mass is 308 g/mol. The molecule has 0 aliphatic heterocycles. The maximum atomic E-state index is 12.6. The number of rotatable bonds is 3. The van der Waals surface area contributed by atoms with Crippen LogP contribution in [0.3, 0.4) is 0 Å². The first kappa shape index (κ1) is 16.3. The number of nitrogens with one attached hydrogen (secondary N) is 1. The zero-order valence-electron chi connectivity index (χ0n) is 12.4. The molecule has 0 bridgehead atoms. The van der Waals surface area contributed by atoms with Crippen LogP contribution in [0, 0.1) is 5.41 Å². The lowest BCUT2D eigenvalue weighted by Gasteiger charge is -2.31. The summed E-state index contributed by atoms with van der Waals surface area (Å²) in [6.45, 7) is 0.488. The molecule has 1 amide bonds. The Labute approximate surface area is 133 Å². The van der Waals surface area contributed by atoms with Gasteiger partial charge in [-0.1, -0.05) is 37.1 Å². The van der Waals surface area contributed by atoms with Gasteiger partial charge in [0, 0.05) is 12.6 Å². The van der Waals surface area contributed by atoms with Crippen molar-refractivity contribution in [2.45, 2.75) is 51.0 Å². The van der Waals surface area contributed by atoms with E-state index in [9.17, 15) is 4.79 Å². The smallest absolute Gasteiger partial charge is 0.227 e. The number of fused-ring (bicyclic) bond motifs is 1. The average molecular weight is 309 g/mol. The highest BCUT2D eigenvalue weighted by Crippen LogP contribution is 2.37. The van der Waals surface area contributed by atoms with E-state index in [4.69, 9.17) is 5.73 Å². The van der Waals surface area contributed by atoms with E-state index in [-0.39, 0.29) is 29.8 Å². The van der Waals surface area contributed by atoms with Crippen molar-refractivity contribution < 1.29 is 4.79 Å². The predicted molar refractivity (Wildman–Crippen MR) is 87.6 cm³/mol. The lowest BCUT2D eigenvalue weighted by molar-refractivity contribution is -0.131. The summed E-state index contributed by atoms with van der Waals surface area (Å²) < 4.78 is 0. The number of amides is 1. The zero-order chi connectivity index (χ0) is 14.0. The number of halogens is 1. The van der Waals surface area contributed by atoms with Crippen molar-refractivity contribution >= 4 is 18.3 Å². The molecule has 2 aliphatic carbocycles. The molecule has 116 valence electrons. The van der Waals surface area contributed by atoms with Gasteiger partial charge in [-0.3, -0.25) is 4.79 Å². The summed E-state index contributed by atoms with van der Waals surface area (Å²) in [5, 5.41) is 3.27. The van der Waals surface area contributed by atoms with Crippen LogP contribution in [-0.4, -0.2) is 18.5 Å². The summed E-state index contributed by atoms with van der Waals surface area (Å²) in [6, 6.07) is 8.84. The van der Waals surface area contributed by atoms with Crippen LogP contribution in [0.2, 0.25) is 0 Å². The van der Waals surface area contributed by atoms with Crippen molar-refractivity contribution in [1.29, 1.82) is 0 Å². The largest absolute Gasteiger partial charge is 0.353 e. The van der Waals surface area contributed by atoms with Crippen LogP contribution in [0.5, 0.6) is 0 Å². The Morgan fingerprint density at radius 3 is 2.57 bits per heavy atom. The van der Waals surface area contributed by atoms with Gasteiger partial charge in [0.1, 0.15) is 0 Å². The molecule has 0 spiro atoms. The molecule has 2 aliphatic rings. The van der Waals surface area contributed by atoms with Crippen molar-refractivity contribution in [3.8, 4) is 0 Å². The number of aryl methyl sites for hydroxylation is 1. The van der Waals surface area contributed by atoms with Crippen molar-refractivity contribution in [2.24, 2.45) is 11.1 Å². The highest BCUT2D eigenvalue weighted by molar-refractivity contribution is 5.85. The molecule has 3 N–H and O–H groups in total. The van der Waals surface area contributed by atoms with Gasteiger partial charge >= 0.3 is 0 Å². The van der Waals surface area contributed by atoms with Crippen LogP contribution in [0.15, 0.2) is 24.3 Å². The normalized spacial score (nSPS) is 23.0. The van der Waals surface area contributed by atoms with Gasteiger partial charge in [0.15, 0.2) is 0 Å². The lowest BCUT2D eigenvalue weighted by atomic mass is 9.83. The maximum absolute atomic E-state index is 12.6. The van der Waals surface area contributed by atoms with Crippen molar-refractivity contribution in [1.82, 2.24) is 5.32 Å². The second-order valence-electron chi connectivity index (χ2n) is 6.37. The van der Waals surface area contributed by atoms with Crippen LogP contribution < -0.4 is 11.1 Å². The Kier molecular flexibility index (Phi) is 5.28. The Balaban J connectivity index is 0.00000161. The average Bonchev–Trinajstić information content (AvgIpc) is 2.97. The van der Waals surface area contributed by atoms with Crippen molar-refractivity contribution in [2.75, 3.05) is 6.54 Å². The summed E-state index contributed by atoms with van der Waals surface area (Å²) in [5.41, 5.74) is 8.43. The van der Waals surface area contributed by atoms with Crippen LogP contribution >= 0.6 is 12.4 Å². The fourth-order valence-electron chi connectivity index (χ4n) is 3.74. The molecule has 0 aromatic heterocycles. The van der Waals surface area contributed by atoms with E-state index in [1.165, 1.54) is 11.1 Å². The van der Waals surface area contributed by atoms with Crippen molar-refractivity contribution in [3.63, 3.8) is 0 Å². The summed E-state index contributed by atoms with van der Waals surface area (Å²) in [6.07, 6.45) is 7.26. The van der Waals surface area contributed by atoms with Crippen LogP contribution in [0.1, 0.15) is 43.2 Å². The Morgan fingerprint density at radius 1 is 1.24 bits per heavy atom. The Bertz CT molecular complexity index is 497. The van der Waals surface area contributed by atoms with Crippen molar-refractivity contribution in [3.05, 3.63) is 35.4 Å². The molecule has 1 aromatic rings. The standard InChI is InChI=1S/C17H24N2O.ClH/c18-12-17(9-3-4-10-17)16(20)19-15-8-7-13-5-1-2-6-14(13)11-15;/h1-2,5-6,15H,3-4,7-12,18H2,(H,19,20);1H. The summed E-state index contributed by atoms with van der Waals surface area (Å²) >= 11 is 0. The van der Waals surface area contributed by atoms with Crippen LogP contribution in [-0.2, 0) is 17.6 Å². The van der Waals surface area contributed by atoms with E-state index < -0.39 is 0 Å².